The lowest BCUT2D eigenvalue weighted by molar-refractivity contribution is 0.641. The van der Waals surface area contributed by atoms with Crippen molar-refractivity contribution in [3.05, 3.63) is 54.0 Å². The number of benzene rings is 1. The highest BCUT2D eigenvalue weighted by Gasteiger charge is 2.15. The topological polar surface area (TPSA) is 40.7 Å². The lowest BCUT2D eigenvalue weighted by Gasteiger charge is -2.12. The monoisotopic (exact) mass is 285 g/mol. The number of rotatable bonds is 1. The summed E-state index contributed by atoms with van der Waals surface area (Å²) < 4.78 is 0. The summed E-state index contributed by atoms with van der Waals surface area (Å²) >= 11 is 0. The lowest BCUT2D eigenvalue weighted by Crippen LogP contribution is -2.22. The van der Waals surface area contributed by atoms with Gasteiger partial charge in [-0.2, -0.15) is 0 Å². The average molecular weight is 286 g/mol. The number of aromatic nitrogens is 2. The molecule has 20 heavy (non-hydrogen) atoms. The summed E-state index contributed by atoms with van der Waals surface area (Å²) in [7, 11) is 0. The zero-order chi connectivity index (χ0) is 12.7. The van der Waals surface area contributed by atoms with Gasteiger partial charge in [-0.3, -0.25) is 4.98 Å². The number of pyridine rings is 1. The van der Waals surface area contributed by atoms with E-state index in [0.717, 1.165) is 19.5 Å². The first-order chi connectivity index (χ1) is 9.42. The zero-order valence-electron chi connectivity index (χ0n) is 11.0. The van der Waals surface area contributed by atoms with Gasteiger partial charge in [-0.1, -0.05) is 12.1 Å². The van der Waals surface area contributed by atoms with E-state index < -0.39 is 0 Å². The Balaban J connectivity index is 0.00000121. The third kappa shape index (κ3) is 2.09. The zero-order valence-corrected chi connectivity index (χ0v) is 11.8. The standard InChI is InChI=1S/C16H15N3.ClH/c1-2-12(9-17-6-1)11-3-4-15-13(8-11)14-10-18-7-5-16(14)19-15;/h1-4,6,8-9,18-19H,5,7,10H2;1H. The van der Waals surface area contributed by atoms with Crippen LogP contribution in [0.1, 0.15) is 11.3 Å². The van der Waals surface area contributed by atoms with Gasteiger partial charge >= 0.3 is 0 Å². The molecule has 3 nitrogen and oxygen atoms in total. The van der Waals surface area contributed by atoms with E-state index in [9.17, 15) is 0 Å². The SMILES string of the molecule is Cl.c1cncc(-c2ccc3[nH]c4c(c3c2)CNCC4)c1. The average Bonchev–Trinajstić information content (AvgIpc) is 2.86. The fourth-order valence-electron chi connectivity index (χ4n) is 2.86. The van der Waals surface area contributed by atoms with Gasteiger partial charge in [0.15, 0.2) is 0 Å². The van der Waals surface area contributed by atoms with Crippen LogP contribution in [0.4, 0.5) is 0 Å². The third-order valence-electron chi connectivity index (χ3n) is 3.84. The molecule has 0 saturated carbocycles. The molecule has 0 fully saturated rings. The van der Waals surface area contributed by atoms with E-state index in [1.807, 2.05) is 18.5 Å². The summed E-state index contributed by atoms with van der Waals surface area (Å²) in [5.41, 5.74) is 6.45. The number of aromatic amines is 1. The van der Waals surface area contributed by atoms with E-state index in [-0.39, 0.29) is 12.4 Å². The fourth-order valence-corrected chi connectivity index (χ4v) is 2.86. The van der Waals surface area contributed by atoms with Crippen molar-refractivity contribution in [3.8, 4) is 11.1 Å². The van der Waals surface area contributed by atoms with Crippen LogP contribution in [0.3, 0.4) is 0 Å². The van der Waals surface area contributed by atoms with Crippen LogP contribution in [0.15, 0.2) is 42.7 Å². The highest BCUT2D eigenvalue weighted by Crippen LogP contribution is 2.29. The predicted octanol–water partition coefficient (Wildman–Crippen LogP) is 3.30. The summed E-state index contributed by atoms with van der Waals surface area (Å²) in [5.74, 6) is 0. The van der Waals surface area contributed by atoms with Crippen molar-refractivity contribution in [3.63, 3.8) is 0 Å². The van der Waals surface area contributed by atoms with Crippen LogP contribution in [0.25, 0.3) is 22.0 Å². The van der Waals surface area contributed by atoms with Gasteiger partial charge in [0.2, 0.25) is 0 Å². The first-order valence-electron chi connectivity index (χ1n) is 6.66. The largest absolute Gasteiger partial charge is 0.358 e. The molecule has 0 radical (unpaired) electrons. The molecule has 3 heterocycles. The Labute approximate surface area is 123 Å². The van der Waals surface area contributed by atoms with Crippen LogP contribution in [0.5, 0.6) is 0 Å². The molecular formula is C16H16ClN3. The number of hydrogen-bond acceptors (Lipinski definition) is 2. The quantitative estimate of drug-likeness (QED) is 0.720. The summed E-state index contributed by atoms with van der Waals surface area (Å²) in [5, 5.41) is 4.78. The van der Waals surface area contributed by atoms with Crippen LogP contribution in [0, 0.1) is 0 Å². The van der Waals surface area contributed by atoms with Gasteiger partial charge in [0.1, 0.15) is 0 Å². The first kappa shape index (κ1) is 13.2. The molecule has 0 unspecified atom stereocenters. The minimum Gasteiger partial charge on any atom is -0.358 e. The Kier molecular flexibility index (Phi) is 3.47. The Hall–Kier alpha value is -1.84. The normalized spacial score (nSPS) is 13.8. The molecule has 4 heteroatoms. The highest BCUT2D eigenvalue weighted by atomic mass is 35.5. The van der Waals surface area contributed by atoms with Gasteiger partial charge < -0.3 is 10.3 Å². The maximum absolute atomic E-state index is 4.20. The van der Waals surface area contributed by atoms with Crippen molar-refractivity contribution < 1.29 is 0 Å². The third-order valence-corrected chi connectivity index (χ3v) is 3.84. The molecule has 0 saturated heterocycles. The molecule has 2 N–H and O–H groups in total. The van der Waals surface area contributed by atoms with E-state index in [0.29, 0.717) is 0 Å². The van der Waals surface area contributed by atoms with Crippen LogP contribution in [-0.2, 0) is 13.0 Å². The molecule has 1 aromatic carbocycles. The van der Waals surface area contributed by atoms with Crippen LogP contribution < -0.4 is 5.32 Å². The fraction of sp³-hybridized carbons (Fsp3) is 0.188. The van der Waals surface area contributed by atoms with Crippen LogP contribution >= 0.6 is 12.4 Å². The number of hydrogen-bond donors (Lipinski definition) is 2. The number of H-pyrrole nitrogens is 1. The summed E-state index contributed by atoms with van der Waals surface area (Å²) in [6.07, 6.45) is 4.81. The molecule has 1 aliphatic heterocycles. The molecule has 2 aromatic heterocycles. The van der Waals surface area contributed by atoms with Crippen LogP contribution in [-0.4, -0.2) is 16.5 Å². The first-order valence-corrected chi connectivity index (χ1v) is 6.66. The molecule has 3 aromatic rings. The minimum absolute atomic E-state index is 0. The van der Waals surface area contributed by atoms with Gasteiger partial charge in [0.05, 0.1) is 0 Å². The Bertz CT molecular complexity index is 734. The van der Waals surface area contributed by atoms with E-state index in [4.69, 9.17) is 0 Å². The van der Waals surface area contributed by atoms with E-state index in [2.05, 4.69) is 39.6 Å². The minimum atomic E-state index is 0. The van der Waals surface area contributed by atoms with Crippen molar-refractivity contribution >= 4 is 23.3 Å². The molecule has 0 bridgehead atoms. The molecule has 0 spiro atoms. The van der Waals surface area contributed by atoms with Gasteiger partial charge in [-0.05, 0) is 29.3 Å². The van der Waals surface area contributed by atoms with Gasteiger partial charge in [-0.15, -0.1) is 12.4 Å². The van der Waals surface area contributed by atoms with E-state index in [1.165, 1.54) is 33.3 Å². The van der Waals surface area contributed by atoms with Crippen molar-refractivity contribution in [1.82, 2.24) is 15.3 Å². The number of halogens is 1. The van der Waals surface area contributed by atoms with E-state index >= 15 is 0 Å². The van der Waals surface area contributed by atoms with Crippen molar-refractivity contribution in [1.29, 1.82) is 0 Å². The summed E-state index contributed by atoms with van der Waals surface area (Å²) in [6.45, 7) is 2.03. The van der Waals surface area contributed by atoms with Crippen molar-refractivity contribution in [2.24, 2.45) is 0 Å². The van der Waals surface area contributed by atoms with Gasteiger partial charge in [0, 0.05) is 54.1 Å². The number of nitrogens with zero attached hydrogens (tertiary/aromatic N) is 1. The second-order valence-corrected chi connectivity index (χ2v) is 5.01. The molecule has 102 valence electrons. The van der Waals surface area contributed by atoms with Crippen molar-refractivity contribution in [2.75, 3.05) is 6.54 Å². The maximum Gasteiger partial charge on any atom is 0.0459 e. The number of nitrogens with one attached hydrogen (secondary N) is 2. The maximum atomic E-state index is 4.20. The van der Waals surface area contributed by atoms with E-state index in [1.54, 1.807) is 0 Å². The smallest absolute Gasteiger partial charge is 0.0459 e. The highest BCUT2D eigenvalue weighted by molar-refractivity contribution is 5.89. The number of fused-ring (bicyclic) bond motifs is 3. The Morgan fingerprint density at radius 1 is 1.10 bits per heavy atom. The van der Waals surface area contributed by atoms with Crippen molar-refractivity contribution in [2.45, 2.75) is 13.0 Å². The second-order valence-electron chi connectivity index (χ2n) is 5.01. The molecule has 4 rings (SSSR count). The summed E-state index contributed by atoms with van der Waals surface area (Å²) in [4.78, 5) is 7.74. The second kappa shape index (κ2) is 5.27. The van der Waals surface area contributed by atoms with Gasteiger partial charge in [-0.25, -0.2) is 0 Å². The molecular weight excluding hydrogens is 270 g/mol. The molecule has 0 amide bonds. The Morgan fingerprint density at radius 3 is 2.90 bits per heavy atom. The Morgan fingerprint density at radius 2 is 2.05 bits per heavy atom. The van der Waals surface area contributed by atoms with Gasteiger partial charge in [0.25, 0.3) is 0 Å². The molecule has 0 aliphatic carbocycles. The molecule has 0 atom stereocenters. The molecule has 1 aliphatic rings. The van der Waals surface area contributed by atoms with Crippen LogP contribution in [0.2, 0.25) is 0 Å². The lowest BCUT2D eigenvalue weighted by atomic mass is 10.0. The summed E-state index contributed by atoms with van der Waals surface area (Å²) in [6, 6.07) is 10.7. The predicted molar refractivity (Wildman–Crippen MR) is 84.2 cm³/mol.